The molecule has 2 atom stereocenters. The van der Waals surface area contributed by atoms with E-state index in [4.69, 9.17) is 0 Å². The van der Waals surface area contributed by atoms with E-state index in [2.05, 4.69) is 10.7 Å². The van der Waals surface area contributed by atoms with E-state index in [0.29, 0.717) is 13.0 Å². The maximum Gasteiger partial charge on any atom is 0.254 e. The first kappa shape index (κ1) is 27.3. The monoisotopic (exact) mass is 446 g/mol. The smallest absolute Gasteiger partial charge is 0.254 e. The van der Waals surface area contributed by atoms with Crippen molar-refractivity contribution in [2.24, 2.45) is 23.7 Å². The molecule has 0 aliphatic carbocycles. The number of carbonyl (C=O) groups is 3. The van der Waals surface area contributed by atoms with Gasteiger partial charge in [0.2, 0.25) is 11.8 Å². The SMILES string of the molecule is CNCC(=O)N(CC(C)C)NC(=O)[C@H](CC(C)C)[C@H](CC=Cc1ccccc1)C(=O)NO. The van der Waals surface area contributed by atoms with Crippen molar-refractivity contribution < 1.29 is 19.6 Å². The summed E-state index contributed by atoms with van der Waals surface area (Å²) < 4.78 is 0. The molecule has 32 heavy (non-hydrogen) atoms. The highest BCUT2D eigenvalue weighted by Crippen LogP contribution is 2.25. The van der Waals surface area contributed by atoms with Crippen LogP contribution in [0.25, 0.3) is 6.08 Å². The van der Waals surface area contributed by atoms with Crippen LogP contribution in [0.3, 0.4) is 0 Å². The Morgan fingerprint density at radius 3 is 2.19 bits per heavy atom. The van der Waals surface area contributed by atoms with E-state index in [1.807, 2.05) is 70.2 Å². The van der Waals surface area contributed by atoms with Crippen LogP contribution in [-0.2, 0) is 14.4 Å². The Hall–Kier alpha value is -2.71. The molecule has 3 amide bonds. The molecule has 0 saturated heterocycles. The lowest BCUT2D eigenvalue weighted by atomic mass is 9.82. The quantitative estimate of drug-likeness (QED) is 0.291. The van der Waals surface area contributed by atoms with Crippen LogP contribution in [0.5, 0.6) is 0 Å². The van der Waals surface area contributed by atoms with E-state index < -0.39 is 23.7 Å². The maximum atomic E-state index is 13.3. The molecule has 8 heteroatoms. The number of benzene rings is 1. The molecule has 0 spiro atoms. The summed E-state index contributed by atoms with van der Waals surface area (Å²) in [5.74, 6) is -2.53. The highest BCUT2D eigenvalue weighted by atomic mass is 16.5. The maximum absolute atomic E-state index is 13.3. The van der Waals surface area contributed by atoms with Gasteiger partial charge in [0.25, 0.3) is 5.91 Å². The Morgan fingerprint density at radius 2 is 1.66 bits per heavy atom. The van der Waals surface area contributed by atoms with Crippen molar-refractivity contribution in [1.29, 1.82) is 0 Å². The van der Waals surface area contributed by atoms with Crippen LogP contribution in [0.4, 0.5) is 0 Å². The van der Waals surface area contributed by atoms with E-state index >= 15 is 0 Å². The zero-order chi connectivity index (χ0) is 24.1. The predicted octanol–water partition coefficient (Wildman–Crippen LogP) is 2.61. The van der Waals surface area contributed by atoms with Gasteiger partial charge in [-0.2, -0.15) is 0 Å². The Balaban J connectivity index is 3.10. The zero-order valence-electron chi connectivity index (χ0n) is 19.8. The van der Waals surface area contributed by atoms with Gasteiger partial charge in [0.05, 0.1) is 18.4 Å². The fourth-order valence-electron chi connectivity index (χ4n) is 3.45. The van der Waals surface area contributed by atoms with Crippen molar-refractivity contribution in [2.45, 2.75) is 40.5 Å². The van der Waals surface area contributed by atoms with Gasteiger partial charge in [-0.15, -0.1) is 0 Å². The molecule has 178 valence electrons. The molecule has 0 fully saturated rings. The van der Waals surface area contributed by atoms with Crippen LogP contribution < -0.4 is 16.2 Å². The summed E-state index contributed by atoms with van der Waals surface area (Å²) >= 11 is 0. The van der Waals surface area contributed by atoms with Gasteiger partial charge < -0.3 is 5.32 Å². The molecular weight excluding hydrogens is 408 g/mol. The third-order valence-corrected chi connectivity index (χ3v) is 4.92. The third-order valence-electron chi connectivity index (χ3n) is 4.92. The summed E-state index contributed by atoms with van der Waals surface area (Å²) in [6.07, 6.45) is 4.40. The van der Waals surface area contributed by atoms with Crippen molar-refractivity contribution >= 4 is 23.8 Å². The number of allylic oxidation sites excluding steroid dienone is 1. The summed E-state index contributed by atoms with van der Waals surface area (Å²) in [7, 11) is 1.66. The van der Waals surface area contributed by atoms with Gasteiger partial charge in [-0.25, -0.2) is 5.48 Å². The van der Waals surface area contributed by atoms with Gasteiger partial charge in [0.1, 0.15) is 0 Å². The molecule has 0 radical (unpaired) electrons. The zero-order valence-corrected chi connectivity index (χ0v) is 19.8. The molecule has 0 aliphatic rings. The van der Waals surface area contributed by atoms with E-state index in [-0.39, 0.29) is 30.7 Å². The van der Waals surface area contributed by atoms with Gasteiger partial charge >= 0.3 is 0 Å². The Bertz CT molecular complexity index is 750. The second-order valence-electron chi connectivity index (χ2n) is 8.77. The molecule has 0 bridgehead atoms. The van der Waals surface area contributed by atoms with Crippen molar-refractivity contribution in [3.05, 3.63) is 42.0 Å². The number of nitrogens with zero attached hydrogens (tertiary/aromatic N) is 1. The lowest BCUT2D eigenvalue weighted by Crippen LogP contribution is -2.53. The number of hydroxylamine groups is 1. The van der Waals surface area contributed by atoms with E-state index in [9.17, 15) is 19.6 Å². The van der Waals surface area contributed by atoms with Gasteiger partial charge in [-0.1, -0.05) is 70.2 Å². The van der Waals surface area contributed by atoms with Crippen LogP contribution in [0.2, 0.25) is 0 Å². The number of likely N-dealkylation sites (N-methyl/N-ethyl adjacent to an activating group) is 1. The summed E-state index contributed by atoms with van der Waals surface area (Å²) in [5.41, 5.74) is 5.41. The molecule has 0 saturated carbocycles. The third kappa shape index (κ3) is 9.62. The lowest BCUT2D eigenvalue weighted by Gasteiger charge is -2.30. The summed E-state index contributed by atoms with van der Waals surface area (Å²) in [6.45, 7) is 8.27. The first-order valence-corrected chi connectivity index (χ1v) is 11.1. The van der Waals surface area contributed by atoms with Crippen LogP contribution in [0.1, 0.15) is 46.1 Å². The minimum absolute atomic E-state index is 0.0855. The Kier molecular flexibility index (Phi) is 12.3. The normalized spacial score (nSPS) is 13.2. The number of hydrogen-bond donors (Lipinski definition) is 4. The highest BCUT2D eigenvalue weighted by Gasteiger charge is 2.34. The van der Waals surface area contributed by atoms with Crippen LogP contribution in [0, 0.1) is 23.7 Å². The average molecular weight is 447 g/mol. The van der Waals surface area contributed by atoms with Gasteiger partial charge in [-0.3, -0.25) is 30.0 Å². The van der Waals surface area contributed by atoms with Crippen molar-refractivity contribution in [1.82, 2.24) is 21.2 Å². The minimum atomic E-state index is -0.789. The van der Waals surface area contributed by atoms with Crippen molar-refractivity contribution in [2.75, 3.05) is 20.1 Å². The lowest BCUT2D eigenvalue weighted by molar-refractivity contribution is -0.147. The van der Waals surface area contributed by atoms with Crippen LogP contribution in [0.15, 0.2) is 36.4 Å². The topological polar surface area (TPSA) is 111 Å². The van der Waals surface area contributed by atoms with Crippen molar-refractivity contribution in [3.63, 3.8) is 0 Å². The van der Waals surface area contributed by atoms with Crippen LogP contribution >= 0.6 is 0 Å². The number of hydrazine groups is 1. The average Bonchev–Trinajstić information content (AvgIpc) is 2.74. The number of nitrogens with one attached hydrogen (secondary N) is 3. The molecule has 8 nitrogen and oxygen atoms in total. The first-order chi connectivity index (χ1) is 15.2. The fourth-order valence-corrected chi connectivity index (χ4v) is 3.45. The predicted molar refractivity (Wildman–Crippen MR) is 125 cm³/mol. The summed E-state index contributed by atoms with van der Waals surface area (Å²) in [4.78, 5) is 38.2. The molecule has 0 aromatic heterocycles. The number of rotatable bonds is 12. The van der Waals surface area contributed by atoms with Crippen LogP contribution in [-0.4, -0.2) is 48.1 Å². The molecule has 1 rings (SSSR count). The van der Waals surface area contributed by atoms with Gasteiger partial charge in [-0.05, 0) is 37.3 Å². The van der Waals surface area contributed by atoms with Gasteiger partial charge in [0.15, 0.2) is 0 Å². The second kappa shape index (κ2) is 14.4. The number of carbonyl (C=O) groups excluding carboxylic acids is 3. The number of amides is 3. The molecule has 1 aromatic carbocycles. The summed E-state index contributed by atoms with van der Waals surface area (Å²) in [5, 5.41) is 13.4. The molecule has 0 unspecified atom stereocenters. The Morgan fingerprint density at radius 1 is 1.00 bits per heavy atom. The fraction of sp³-hybridized carbons (Fsp3) is 0.542. The molecule has 4 N–H and O–H groups in total. The van der Waals surface area contributed by atoms with Gasteiger partial charge in [0, 0.05) is 6.54 Å². The van der Waals surface area contributed by atoms with E-state index in [1.54, 1.807) is 12.5 Å². The van der Waals surface area contributed by atoms with Crippen molar-refractivity contribution in [3.8, 4) is 0 Å². The Labute approximate surface area is 191 Å². The van der Waals surface area contributed by atoms with E-state index in [1.165, 1.54) is 5.01 Å². The molecule has 1 aromatic rings. The van der Waals surface area contributed by atoms with E-state index in [0.717, 1.165) is 5.56 Å². The summed E-state index contributed by atoms with van der Waals surface area (Å²) in [6, 6.07) is 9.62. The second-order valence-corrected chi connectivity index (χ2v) is 8.77. The molecular formula is C24H38N4O4. The highest BCUT2D eigenvalue weighted by molar-refractivity contribution is 5.89. The number of hydrogen-bond acceptors (Lipinski definition) is 5. The molecule has 0 aliphatic heterocycles. The largest absolute Gasteiger partial charge is 0.311 e. The molecule has 0 heterocycles. The first-order valence-electron chi connectivity index (χ1n) is 11.1. The standard InChI is InChI=1S/C24H38N4O4/c1-17(2)14-21(23(30)26-28(16-18(3)4)22(29)15-25-5)20(24(31)27-32)13-9-12-19-10-7-6-8-11-19/h6-12,17-18,20-21,25,32H,13-16H2,1-5H3,(H,26,30)(H,27,31)/t20-,21+/m0/s1. The minimum Gasteiger partial charge on any atom is -0.311 e.